The normalized spacial score (nSPS) is 10.8. The van der Waals surface area contributed by atoms with E-state index in [4.69, 9.17) is 26.1 Å². The number of carbonyl (C=O) groups excluding carboxylic acids is 1. The van der Waals surface area contributed by atoms with E-state index in [1.54, 1.807) is 14.2 Å². The zero-order chi connectivity index (χ0) is 19.4. The van der Waals surface area contributed by atoms with Crippen molar-refractivity contribution in [3.05, 3.63) is 42.1 Å². The van der Waals surface area contributed by atoms with Crippen molar-refractivity contribution in [3.63, 3.8) is 0 Å². The topological polar surface area (TPSA) is 64.9 Å². The number of methoxy groups -OCH3 is 2. The van der Waals surface area contributed by atoms with Gasteiger partial charge in [0.05, 0.1) is 14.2 Å². The van der Waals surface area contributed by atoms with Gasteiger partial charge >= 0.3 is 0 Å². The number of hydrogen-bond donors (Lipinski definition) is 1. The summed E-state index contributed by atoms with van der Waals surface area (Å²) in [5.74, 6) is 2.21. The van der Waals surface area contributed by atoms with Crippen LogP contribution in [0, 0.1) is 6.92 Å². The van der Waals surface area contributed by atoms with E-state index in [9.17, 15) is 4.79 Å². The molecule has 1 N–H and O–H groups in total. The number of ether oxygens (including phenoxy) is 2. The van der Waals surface area contributed by atoms with Crippen LogP contribution in [-0.2, 0) is 4.79 Å². The molecule has 0 spiro atoms. The Hall–Kier alpha value is -2.73. The molecule has 0 fully saturated rings. The lowest BCUT2D eigenvalue weighted by Crippen LogP contribution is -2.13. The van der Waals surface area contributed by atoms with Gasteiger partial charge < -0.3 is 14.8 Å². The second kappa shape index (κ2) is 8.31. The SMILES string of the molecule is COc1ccc(-c2nc3ccc(C)cn3c2NC(=O)CCCCl)cc1OC. The molecule has 0 saturated heterocycles. The highest BCUT2D eigenvalue weighted by atomic mass is 35.5. The van der Waals surface area contributed by atoms with E-state index in [0.29, 0.717) is 41.7 Å². The first-order valence-corrected chi connectivity index (χ1v) is 9.17. The van der Waals surface area contributed by atoms with Gasteiger partial charge in [0, 0.05) is 24.1 Å². The Morgan fingerprint density at radius 3 is 2.67 bits per heavy atom. The third kappa shape index (κ3) is 4.01. The Kier molecular flexibility index (Phi) is 5.86. The van der Waals surface area contributed by atoms with Crippen molar-refractivity contribution in [2.24, 2.45) is 0 Å². The summed E-state index contributed by atoms with van der Waals surface area (Å²) in [6, 6.07) is 9.47. The zero-order valence-corrected chi connectivity index (χ0v) is 16.3. The number of pyridine rings is 1. The standard InChI is InChI=1S/C20H22ClN3O3/c1-13-6-9-17-22-19(14-7-8-15(26-2)16(11-14)27-3)20(24(17)12-13)23-18(25)5-4-10-21/h6-9,11-12H,4-5,10H2,1-3H3,(H,23,25). The first-order valence-electron chi connectivity index (χ1n) is 8.64. The first-order chi connectivity index (χ1) is 13.1. The van der Waals surface area contributed by atoms with Gasteiger partial charge in [-0.05, 0) is 43.2 Å². The van der Waals surface area contributed by atoms with Gasteiger partial charge in [0.25, 0.3) is 0 Å². The van der Waals surface area contributed by atoms with Crippen LogP contribution in [-0.4, -0.2) is 35.4 Å². The molecule has 1 aromatic carbocycles. The molecule has 0 unspecified atom stereocenters. The largest absolute Gasteiger partial charge is 0.493 e. The first kappa shape index (κ1) is 19.0. The molecular formula is C20H22ClN3O3. The number of benzene rings is 1. The fourth-order valence-corrected chi connectivity index (χ4v) is 3.01. The number of aromatic nitrogens is 2. The number of fused-ring (bicyclic) bond motifs is 1. The summed E-state index contributed by atoms with van der Waals surface area (Å²) in [5.41, 5.74) is 3.30. The molecule has 0 aliphatic carbocycles. The second-order valence-corrected chi connectivity index (χ2v) is 6.53. The average molecular weight is 388 g/mol. The van der Waals surface area contributed by atoms with Crippen molar-refractivity contribution in [1.82, 2.24) is 9.38 Å². The number of carbonyl (C=O) groups is 1. The van der Waals surface area contributed by atoms with Crippen LogP contribution in [0.15, 0.2) is 36.5 Å². The van der Waals surface area contributed by atoms with Gasteiger partial charge in [-0.1, -0.05) is 6.07 Å². The van der Waals surface area contributed by atoms with Crippen molar-refractivity contribution in [2.45, 2.75) is 19.8 Å². The van der Waals surface area contributed by atoms with Crippen LogP contribution in [0.25, 0.3) is 16.9 Å². The van der Waals surface area contributed by atoms with E-state index in [0.717, 1.165) is 16.8 Å². The van der Waals surface area contributed by atoms with Crippen LogP contribution in [0.1, 0.15) is 18.4 Å². The van der Waals surface area contributed by atoms with Gasteiger partial charge in [0.1, 0.15) is 17.2 Å². The Labute approximate surface area is 163 Å². The predicted molar refractivity (Wildman–Crippen MR) is 107 cm³/mol. The van der Waals surface area contributed by atoms with E-state index in [2.05, 4.69) is 5.32 Å². The number of alkyl halides is 1. The summed E-state index contributed by atoms with van der Waals surface area (Å²) in [6.45, 7) is 1.99. The van der Waals surface area contributed by atoms with Crippen LogP contribution in [0.4, 0.5) is 5.82 Å². The third-order valence-electron chi connectivity index (χ3n) is 4.22. The van der Waals surface area contributed by atoms with E-state index >= 15 is 0 Å². The number of amides is 1. The monoisotopic (exact) mass is 387 g/mol. The van der Waals surface area contributed by atoms with Crippen LogP contribution in [0.3, 0.4) is 0 Å². The highest BCUT2D eigenvalue weighted by molar-refractivity contribution is 6.18. The van der Waals surface area contributed by atoms with Crippen LogP contribution >= 0.6 is 11.6 Å². The minimum Gasteiger partial charge on any atom is -0.493 e. The molecule has 6 nitrogen and oxygen atoms in total. The number of halogens is 1. The molecule has 27 heavy (non-hydrogen) atoms. The maximum atomic E-state index is 12.3. The highest BCUT2D eigenvalue weighted by Gasteiger charge is 2.18. The van der Waals surface area contributed by atoms with Gasteiger partial charge in [0.2, 0.25) is 5.91 Å². The van der Waals surface area contributed by atoms with E-state index in [1.165, 1.54) is 0 Å². The van der Waals surface area contributed by atoms with Crippen LogP contribution in [0.5, 0.6) is 11.5 Å². The van der Waals surface area contributed by atoms with Crippen molar-refractivity contribution in [1.29, 1.82) is 0 Å². The Morgan fingerprint density at radius 1 is 1.19 bits per heavy atom. The molecule has 142 valence electrons. The van der Waals surface area contributed by atoms with Crippen molar-refractivity contribution >= 4 is 29.0 Å². The molecular weight excluding hydrogens is 366 g/mol. The van der Waals surface area contributed by atoms with Gasteiger partial charge in [0.15, 0.2) is 11.5 Å². The van der Waals surface area contributed by atoms with E-state index in [-0.39, 0.29) is 5.91 Å². The van der Waals surface area contributed by atoms with E-state index < -0.39 is 0 Å². The summed E-state index contributed by atoms with van der Waals surface area (Å²) in [7, 11) is 3.18. The summed E-state index contributed by atoms with van der Waals surface area (Å²) in [5, 5.41) is 2.99. The number of anilines is 1. The fraction of sp³-hybridized carbons (Fsp3) is 0.300. The summed E-state index contributed by atoms with van der Waals surface area (Å²) in [6.07, 6.45) is 2.92. The number of aryl methyl sites for hydroxylation is 1. The van der Waals surface area contributed by atoms with Gasteiger partial charge in [-0.2, -0.15) is 0 Å². The maximum Gasteiger partial charge on any atom is 0.225 e. The number of nitrogens with zero attached hydrogens (tertiary/aromatic N) is 2. The minimum atomic E-state index is -0.0966. The second-order valence-electron chi connectivity index (χ2n) is 6.15. The summed E-state index contributed by atoms with van der Waals surface area (Å²) >= 11 is 5.71. The lowest BCUT2D eigenvalue weighted by Gasteiger charge is -2.11. The zero-order valence-electron chi connectivity index (χ0n) is 15.6. The molecule has 2 heterocycles. The molecule has 0 aliphatic heterocycles. The van der Waals surface area contributed by atoms with Crippen molar-refractivity contribution in [2.75, 3.05) is 25.4 Å². The Morgan fingerprint density at radius 2 is 1.96 bits per heavy atom. The van der Waals surface area contributed by atoms with Gasteiger partial charge in [-0.3, -0.25) is 9.20 Å². The molecule has 1 amide bonds. The third-order valence-corrected chi connectivity index (χ3v) is 4.49. The van der Waals surface area contributed by atoms with Gasteiger partial charge in [-0.15, -0.1) is 11.6 Å². The molecule has 3 rings (SSSR count). The molecule has 7 heteroatoms. The molecule has 0 atom stereocenters. The minimum absolute atomic E-state index is 0.0966. The van der Waals surface area contributed by atoms with Crippen molar-refractivity contribution < 1.29 is 14.3 Å². The molecule has 0 saturated carbocycles. The smallest absolute Gasteiger partial charge is 0.225 e. The quantitative estimate of drug-likeness (QED) is 0.614. The Balaban J connectivity index is 2.11. The molecule has 0 aliphatic rings. The van der Waals surface area contributed by atoms with Crippen LogP contribution < -0.4 is 14.8 Å². The molecule has 0 radical (unpaired) electrons. The molecule has 2 aromatic heterocycles. The fourth-order valence-electron chi connectivity index (χ4n) is 2.88. The number of rotatable bonds is 7. The lowest BCUT2D eigenvalue weighted by atomic mass is 10.1. The van der Waals surface area contributed by atoms with E-state index in [1.807, 2.05) is 47.9 Å². The maximum absolute atomic E-state index is 12.3. The highest BCUT2D eigenvalue weighted by Crippen LogP contribution is 2.35. The predicted octanol–water partition coefficient (Wildman–Crippen LogP) is 4.28. The Bertz CT molecular complexity index is 969. The van der Waals surface area contributed by atoms with Gasteiger partial charge in [-0.25, -0.2) is 4.98 Å². The number of hydrogen-bond acceptors (Lipinski definition) is 4. The number of nitrogens with one attached hydrogen (secondary N) is 1. The summed E-state index contributed by atoms with van der Waals surface area (Å²) < 4.78 is 12.6. The molecule has 0 bridgehead atoms. The number of imidazole rings is 1. The van der Waals surface area contributed by atoms with Crippen molar-refractivity contribution in [3.8, 4) is 22.8 Å². The summed E-state index contributed by atoms with van der Waals surface area (Å²) in [4.78, 5) is 17.1. The lowest BCUT2D eigenvalue weighted by molar-refractivity contribution is -0.116. The molecule has 3 aromatic rings. The average Bonchev–Trinajstić information content (AvgIpc) is 3.03. The van der Waals surface area contributed by atoms with Crippen LogP contribution in [0.2, 0.25) is 0 Å².